The van der Waals surface area contributed by atoms with Gasteiger partial charge in [0.2, 0.25) is 9.47 Å². The summed E-state index contributed by atoms with van der Waals surface area (Å²) in [5.74, 6) is 0.397. The Bertz CT molecular complexity index is 524. The van der Waals surface area contributed by atoms with E-state index in [1.165, 1.54) is 0 Å². The molecule has 0 unspecified atom stereocenters. The van der Waals surface area contributed by atoms with Gasteiger partial charge in [-0.05, 0) is 11.6 Å². The predicted molar refractivity (Wildman–Crippen MR) is 62.0 cm³/mol. The van der Waals surface area contributed by atoms with E-state index in [0.717, 1.165) is 11.3 Å². The zero-order chi connectivity index (χ0) is 12.3. The standard InChI is InChI=1S/C8H9ClN6OS/c1-15-4-11-5(14-15)2-3-10-6(16)7-12-13-8(9)17-7/h4H,2-3H2,1H3,(H,10,16). The topological polar surface area (TPSA) is 85.6 Å². The molecule has 7 nitrogen and oxygen atoms in total. The first kappa shape index (κ1) is 11.9. The number of halogens is 1. The van der Waals surface area contributed by atoms with Crippen molar-refractivity contribution in [1.82, 2.24) is 30.3 Å². The van der Waals surface area contributed by atoms with Crippen LogP contribution in [0.1, 0.15) is 15.6 Å². The summed E-state index contributed by atoms with van der Waals surface area (Å²) in [4.78, 5) is 15.6. The Morgan fingerprint density at radius 1 is 1.59 bits per heavy atom. The van der Waals surface area contributed by atoms with E-state index in [2.05, 4.69) is 25.6 Å². The minimum Gasteiger partial charge on any atom is -0.349 e. The first-order chi connectivity index (χ1) is 8.15. The van der Waals surface area contributed by atoms with Crippen LogP contribution in [-0.4, -0.2) is 37.4 Å². The van der Waals surface area contributed by atoms with Crippen LogP contribution in [0, 0.1) is 0 Å². The number of carbonyl (C=O) groups excluding carboxylic acids is 1. The van der Waals surface area contributed by atoms with Gasteiger partial charge in [-0.15, -0.1) is 10.2 Å². The molecule has 0 aliphatic heterocycles. The van der Waals surface area contributed by atoms with Crippen molar-refractivity contribution in [2.75, 3.05) is 6.54 Å². The third-order valence-corrected chi connectivity index (χ3v) is 2.89. The molecule has 2 aromatic heterocycles. The van der Waals surface area contributed by atoms with Gasteiger partial charge in [0.1, 0.15) is 6.33 Å². The molecule has 0 atom stereocenters. The van der Waals surface area contributed by atoms with Crippen LogP contribution in [0.2, 0.25) is 4.47 Å². The number of nitrogens with one attached hydrogen (secondary N) is 1. The molecule has 0 aromatic carbocycles. The highest BCUT2D eigenvalue weighted by Crippen LogP contribution is 2.14. The summed E-state index contributed by atoms with van der Waals surface area (Å²) in [6.07, 6.45) is 2.18. The molecule has 0 spiro atoms. The second-order valence-electron chi connectivity index (χ2n) is 3.20. The molecule has 1 amide bonds. The fourth-order valence-corrected chi connectivity index (χ4v) is 1.90. The highest BCUT2D eigenvalue weighted by atomic mass is 35.5. The first-order valence-electron chi connectivity index (χ1n) is 4.77. The molecule has 0 fully saturated rings. The molecule has 9 heteroatoms. The molecular formula is C8H9ClN6OS. The number of aryl methyl sites for hydroxylation is 1. The van der Waals surface area contributed by atoms with E-state index in [1.807, 2.05) is 0 Å². The maximum atomic E-state index is 11.5. The highest BCUT2D eigenvalue weighted by molar-refractivity contribution is 7.17. The average Bonchev–Trinajstić information content (AvgIpc) is 2.88. The zero-order valence-corrected chi connectivity index (χ0v) is 10.5. The van der Waals surface area contributed by atoms with Crippen molar-refractivity contribution in [3.8, 4) is 0 Å². The van der Waals surface area contributed by atoms with E-state index in [1.54, 1.807) is 18.1 Å². The second kappa shape index (κ2) is 5.19. The van der Waals surface area contributed by atoms with Gasteiger partial charge in [0.25, 0.3) is 5.91 Å². The van der Waals surface area contributed by atoms with Gasteiger partial charge in [-0.25, -0.2) is 4.98 Å². The van der Waals surface area contributed by atoms with Crippen LogP contribution in [0.4, 0.5) is 0 Å². The van der Waals surface area contributed by atoms with E-state index in [0.29, 0.717) is 18.8 Å². The molecule has 17 heavy (non-hydrogen) atoms. The van der Waals surface area contributed by atoms with Crippen LogP contribution in [0.3, 0.4) is 0 Å². The Morgan fingerprint density at radius 2 is 2.41 bits per heavy atom. The molecule has 0 saturated heterocycles. The number of aromatic nitrogens is 5. The molecule has 0 saturated carbocycles. The van der Waals surface area contributed by atoms with Crippen molar-refractivity contribution in [2.24, 2.45) is 7.05 Å². The maximum absolute atomic E-state index is 11.5. The Hall–Kier alpha value is -1.54. The molecule has 90 valence electrons. The van der Waals surface area contributed by atoms with Gasteiger partial charge in [-0.2, -0.15) is 5.10 Å². The van der Waals surface area contributed by atoms with E-state index in [4.69, 9.17) is 11.6 Å². The van der Waals surface area contributed by atoms with Crippen LogP contribution < -0.4 is 5.32 Å². The molecular weight excluding hydrogens is 264 g/mol. The number of hydrogen-bond acceptors (Lipinski definition) is 6. The van der Waals surface area contributed by atoms with Crippen LogP contribution in [0.15, 0.2) is 6.33 Å². The largest absolute Gasteiger partial charge is 0.349 e. The lowest BCUT2D eigenvalue weighted by molar-refractivity contribution is 0.0953. The van der Waals surface area contributed by atoms with Crippen LogP contribution in [0.5, 0.6) is 0 Å². The Balaban J connectivity index is 1.81. The smallest absolute Gasteiger partial charge is 0.282 e. The second-order valence-corrected chi connectivity index (χ2v) is 4.76. The SMILES string of the molecule is Cn1cnc(CCNC(=O)c2nnc(Cl)s2)n1. The third-order valence-electron chi connectivity index (χ3n) is 1.88. The summed E-state index contributed by atoms with van der Waals surface area (Å²) in [7, 11) is 1.79. The third kappa shape index (κ3) is 3.21. The number of nitrogens with zero attached hydrogens (tertiary/aromatic N) is 5. The zero-order valence-electron chi connectivity index (χ0n) is 8.92. The Morgan fingerprint density at radius 3 is 3.00 bits per heavy atom. The molecule has 0 bridgehead atoms. The van der Waals surface area contributed by atoms with Crippen LogP contribution in [-0.2, 0) is 13.5 Å². The Labute approximate surface area is 106 Å². The van der Waals surface area contributed by atoms with Crippen LogP contribution >= 0.6 is 22.9 Å². The summed E-state index contributed by atoms with van der Waals surface area (Å²) < 4.78 is 1.86. The highest BCUT2D eigenvalue weighted by Gasteiger charge is 2.11. The van der Waals surface area contributed by atoms with E-state index < -0.39 is 0 Å². The molecule has 1 N–H and O–H groups in total. The molecule has 2 aromatic rings. The minimum absolute atomic E-state index is 0.251. The minimum atomic E-state index is -0.287. The molecule has 0 radical (unpaired) electrons. The molecule has 2 rings (SSSR count). The quantitative estimate of drug-likeness (QED) is 0.865. The lowest BCUT2D eigenvalue weighted by atomic mass is 10.4. The lowest BCUT2D eigenvalue weighted by Gasteiger charge is -1.99. The number of carbonyl (C=O) groups is 1. The van der Waals surface area contributed by atoms with Gasteiger partial charge < -0.3 is 5.32 Å². The predicted octanol–water partition coefficient (Wildman–Crippen LogP) is 0.293. The normalized spacial score (nSPS) is 10.5. The summed E-state index contributed by atoms with van der Waals surface area (Å²) in [5, 5.41) is 14.2. The molecule has 0 aliphatic rings. The summed E-state index contributed by atoms with van der Waals surface area (Å²) in [5.41, 5.74) is 0. The van der Waals surface area contributed by atoms with Crippen molar-refractivity contribution in [3.05, 3.63) is 21.6 Å². The summed E-state index contributed by atoms with van der Waals surface area (Å²) >= 11 is 6.62. The van der Waals surface area contributed by atoms with Crippen molar-refractivity contribution in [3.63, 3.8) is 0 Å². The number of amides is 1. The van der Waals surface area contributed by atoms with E-state index in [-0.39, 0.29) is 15.4 Å². The van der Waals surface area contributed by atoms with Crippen LogP contribution in [0.25, 0.3) is 0 Å². The fraction of sp³-hybridized carbons (Fsp3) is 0.375. The molecule has 0 aliphatic carbocycles. The maximum Gasteiger partial charge on any atom is 0.282 e. The van der Waals surface area contributed by atoms with Gasteiger partial charge in [0, 0.05) is 20.0 Å². The Kier molecular flexibility index (Phi) is 3.64. The molecule has 2 heterocycles. The fourth-order valence-electron chi connectivity index (χ4n) is 1.16. The lowest BCUT2D eigenvalue weighted by Crippen LogP contribution is -2.25. The first-order valence-corrected chi connectivity index (χ1v) is 5.96. The monoisotopic (exact) mass is 272 g/mol. The van der Waals surface area contributed by atoms with Crippen molar-refractivity contribution in [2.45, 2.75) is 6.42 Å². The van der Waals surface area contributed by atoms with Gasteiger partial charge in [-0.3, -0.25) is 9.48 Å². The van der Waals surface area contributed by atoms with Gasteiger partial charge >= 0.3 is 0 Å². The summed E-state index contributed by atoms with van der Waals surface area (Å²) in [6, 6.07) is 0. The van der Waals surface area contributed by atoms with E-state index >= 15 is 0 Å². The van der Waals surface area contributed by atoms with Crippen molar-refractivity contribution >= 4 is 28.8 Å². The number of rotatable bonds is 4. The van der Waals surface area contributed by atoms with Gasteiger partial charge in [-0.1, -0.05) is 11.3 Å². The van der Waals surface area contributed by atoms with Crippen molar-refractivity contribution in [1.29, 1.82) is 0 Å². The van der Waals surface area contributed by atoms with Gasteiger partial charge in [0.15, 0.2) is 5.82 Å². The van der Waals surface area contributed by atoms with Gasteiger partial charge in [0.05, 0.1) is 0 Å². The average molecular weight is 273 g/mol. The van der Waals surface area contributed by atoms with E-state index in [9.17, 15) is 4.79 Å². The number of hydrogen-bond donors (Lipinski definition) is 1. The van der Waals surface area contributed by atoms with Crippen molar-refractivity contribution < 1.29 is 4.79 Å². The summed E-state index contributed by atoms with van der Waals surface area (Å²) in [6.45, 7) is 0.444.